The Morgan fingerprint density at radius 3 is 1.83 bits per heavy atom. The number of rotatable bonds is 6. The van der Waals surface area contributed by atoms with Crippen LogP contribution < -0.4 is 0 Å². The van der Waals surface area contributed by atoms with E-state index in [1.807, 2.05) is 0 Å². The standard InChI is InChI=1S/C21H22F3NO10/c1-10(26)31-14-15(32-11(2)27)17(33-12(3)28)19(34-16(14)18(29)30-4)35-20(21(22,23)24)25-13-8-6-5-7-9-13/h5-9,14-17,19H,1-4H3/t14-,15-,16?,17?,19-/m0/s1. The summed E-state index contributed by atoms with van der Waals surface area (Å²) in [5, 5.41) is 0. The first-order valence-corrected chi connectivity index (χ1v) is 9.96. The van der Waals surface area contributed by atoms with E-state index in [0.29, 0.717) is 0 Å². The number of nitrogens with zero attached hydrogens (tertiary/aromatic N) is 1. The molecule has 1 aliphatic rings. The van der Waals surface area contributed by atoms with Gasteiger partial charge in [0, 0.05) is 20.8 Å². The van der Waals surface area contributed by atoms with Crippen molar-refractivity contribution in [1.29, 1.82) is 0 Å². The molecule has 0 saturated carbocycles. The van der Waals surface area contributed by atoms with Crippen LogP contribution >= 0.6 is 0 Å². The topological polar surface area (TPSA) is 136 Å². The van der Waals surface area contributed by atoms with Gasteiger partial charge >= 0.3 is 30.1 Å². The monoisotopic (exact) mass is 505 g/mol. The molecule has 2 rings (SSSR count). The third kappa shape index (κ3) is 7.67. The van der Waals surface area contributed by atoms with Crippen LogP contribution in [0.3, 0.4) is 0 Å². The number of alkyl halides is 3. The zero-order valence-corrected chi connectivity index (χ0v) is 18.9. The number of hydrogen-bond acceptors (Lipinski definition) is 11. The van der Waals surface area contributed by atoms with Crippen LogP contribution in [0.1, 0.15) is 20.8 Å². The molecule has 1 heterocycles. The van der Waals surface area contributed by atoms with Gasteiger partial charge in [0.25, 0.3) is 5.90 Å². The maximum absolute atomic E-state index is 13.8. The van der Waals surface area contributed by atoms with Gasteiger partial charge in [-0.3, -0.25) is 14.4 Å². The molecule has 0 radical (unpaired) electrons. The predicted molar refractivity (Wildman–Crippen MR) is 108 cm³/mol. The van der Waals surface area contributed by atoms with Crippen LogP contribution in [0.25, 0.3) is 0 Å². The number of methoxy groups -OCH3 is 1. The molecule has 5 atom stereocenters. The van der Waals surface area contributed by atoms with Crippen molar-refractivity contribution in [1.82, 2.24) is 0 Å². The number of carbonyl (C=O) groups is 4. The third-order valence-corrected chi connectivity index (χ3v) is 4.29. The number of esters is 4. The molecule has 192 valence electrons. The van der Waals surface area contributed by atoms with E-state index in [9.17, 15) is 32.3 Å². The minimum absolute atomic E-state index is 0.140. The molecule has 35 heavy (non-hydrogen) atoms. The number of para-hydroxylation sites is 1. The lowest BCUT2D eigenvalue weighted by Gasteiger charge is -2.43. The molecule has 1 aromatic carbocycles. The number of carbonyl (C=O) groups excluding carboxylic acids is 4. The van der Waals surface area contributed by atoms with Crippen LogP contribution in [-0.2, 0) is 47.6 Å². The van der Waals surface area contributed by atoms with Crippen molar-refractivity contribution in [2.75, 3.05) is 7.11 Å². The molecule has 1 aliphatic heterocycles. The lowest BCUT2D eigenvalue weighted by Crippen LogP contribution is -2.64. The van der Waals surface area contributed by atoms with Gasteiger partial charge in [0.2, 0.25) is 12.4 Å². The van der Waals surface area contributed by atoms with Gasteiger partial charge in [0.1, 0.15) is 0 Å². The molecule has 0 aliphatic carbocycles. The van der Waals surface area contributed by atoms with E-state index in [4.69, 9.17) is 23.7 Å². The lowest BCUT2D eigenvalue weighted by atomic mass is 9.97. The van der Waals surface area contributed by atoms with E-state index in [1.165, 1.54) is 24.3 Å². The van der Waals surface area contributed by atoms with E-state index in [0.717, 1.165) is 27.9 Å². The first kappa shape index (κ1) is 27.6. The summed E-state index contributed by atoms with van der Waals surface area (Å²) in [6, 6.07) is 6.93. The summed E-state index contributed by atoms with van der Waals surface area (Å²) in [4.78, 5) is 50.9. The van der Waals surface area contributed by atoms with Crippen LogP contribution in [0.4, 0.5) is 18.9 Å². The van der Waals surface area contributed by atoms with E-state index in [1.54, 1.807) is 6.07 Å². The zero-order valence-electron chi connectivity index (χ0n) is 18.9. The predicted octanol–water partition coefficient (Wildman–Crippen LogP) is 1.99. The Labute approximate surface area is 197 Å². The molecule has 0 spiro atoms. The second kappa shape index (κ2) is 11.6. The highest BCUT2D eigenvalue weighted by molar-refractivity contribution is 5.85. The van der Waals surface area contributed by atoms with Gasteiger partial charge in [-0.25, -0.2) is 9.79 Å². The average molecular weight is 505 g/mol. The van der Waals surface area contributed by atoms with E-state index >= 15 is 0 Å². The molecule has 11 nitrogen and oxygen atoms in total. The van der Waals surface area contributed by atoms with Gasteiger partial charge < -0.3 is 28.4 Å². The van der Waals surface area contributed by atoms with Gasteiger partial charge in [-0.15, -0.1) is 0 Å². The van der Waals surface area contributed by atoms with Crippen molar-refractivity contribution in [2.45, 2.75) is 57.7 Å². The summed E-state index contributed by atoms with van der Waals surface area (Å²) in [5.41, 5.74) is -0.140. The molecule has 0 amide bonds. The quantitative estimate of drug-likeness (QED) is 0.244. The van der Waals surface area contributed by atoms with E-state index in [2.05, 4.69) is 9.73 Å². The highest BCUT2D eigenvalue weighted by atomic mass is 19.4. The van der Waals surface area contributed by atoms with Gasteiger partial charge in [0.05, 0.1) is 12.8 Å². The maximum Gasteiger partial charge on any atom is 0.468 e. The minimum Gasteiger partial charge on any atom is -0.467 e. The number of benzene rings is 1. The van der Waals surface area contributed by atoms with Crippen LogP contribution in [0.15, 0.2) is 35.3 Å². The average Bonchev–Trinajstić information content (AvgIpc) is 2.75. The largest absolute Gasteiger partial charge is 0.468 e. The molecule has 0 bridgehead atoms. The Balaban J connectivity index is 2.59. The number of hydrogen-bond donors (Lipinski definition) is 0. The highest BCUT2D eigenvalue weighted by Crippen LogP contribution is 2.32. The first-order chi connectivity index (χ1) is 16.3. The van der Waals surface area contributed by atoms with E-state index in [-0.39, 0.29) is 5.69 Å². The Morgan fingerprint density at radius 2 is 1.34 bits per heavy atom. The molecule has 14 heteroatoms. The Kier molecular flexibility index (Phi) is 9.17. The van der Waals surface area contributed by atoms with Crippen molar-refractivity contribution < 1.29 is 60.8 Å². The summed E-state index contributed by atoms with van der Waals surface area (Å²) in [6.45, 7) is 2.81. The summed E-state index contributed by atoms with van der Waals surface area (Å²) >= 11 is 0. The summed E-state index contributed by atoms with van der Waals surface area (Å²) in [5.74, 6) is -6.01. The molecule has 0 N–H and O–H groups in total. The fraction of sp³-hybridized carbons (Fsp3) is 0.476. The number of halogens is 3. The van der Waals surface area contributed by atoms with Crippen molar-refractivity contribution in [3.05, 3.63) is 30.3 Å². The summed E-state index contributed by atoms with van der Waals surface area (Å²) in [6.07, 6.45) is -14.8. The Morgan fingerprint density at radius 1 is 0.829 bits per heavy atom. The van der Waals surface area contributed by atoms with Gasteiger partial charge in [-0.1, -0.05) is 18.2 Å². The molecule has 1 fully saturated rings. The minimum atomic E-state index is -5.16. The van der Waals surface area contributed by atoms with E-state index < -0.39 is 66.7 Å². The summed E-state index contributed by atoms with van der Waals surface area (Å²) < 4.78 is 71.3. The van der Waals surface area contributed by atoms with Crippen LogP contribution in [0.2, 0.25) is 0 Å². The van der Waals surface area contributed by atoms with Crippen molar-refractivity contribution in [2.24, 2.45) is 4.99 Å². The second-order valence-corrected chi connectivity index (χ2v) is 7.04. The van der Waals surface area contributed by atoms with Crippen LogP contribution in [-0.4, -0.2) is 73.8 Å². The SMILES string of the molecule is COC(=O)C1O[C@@H](OC(=Nc2ccccc2)C(F)(F)F)C(OC(C)=O)[C@@H](OC(C)=O)[C@@H]1OC(C)=O. The highest BCUT2D eigenvalue weighted by Gasteiger charge is 2.57. The fourth-order valence-electron chi connectivity index (χ4n) is 3.06. The van der Waals surface area contributed by atoms with Crippen molar-refractivity contribution in [3.63, 3.8) is 0 Å². The second-order valence-electron chi connectivity index (χ2n) is 7.04. The van der Waals surface area contributed by atoms with Crippen molar-refractivity contribution in [3.8, 4) is 0 Å². The first-order valence-electron chi connectivity index (χ1n) is 9.96. The number of aliphatic imine (C=N–C) groups is 1. The van der Waals surface area contributed by atoms with Gasteiger partial charge in [-0.2, -0.15) is 13.2 Å². The Hall–Kier alpha value is -3.68. The number of ether oxygens (including phenoxy) is 6. The molecule has 1 saturated heterocycles. The molecular formula is C21H22F3NO10. The Bertz CT molecular complexity index is 966. The molecular weight excluding hydrogens is 483 g/mol. The molecule has 0 aromatic heterocycles. The van der Waals surface area contributed by atoms with Gasteiger partial charge in [-0.05, 0) is 12.1 Å². The lowest BCUT2D eigenvalue weighted by molar-refractivity contribution is -0.288. The van der Waals surface area contributed by atoms with Crippen LogP contribution in [0.5, 0.6) is 0 Å². The smallest absolute Gasteiger partial charge is 0.467 e. The molecule has 2 unspecified atom stereocenters. The van der Waals surface area contributed by atoms with Crippen LogP contribution in [0, 0.1) is 0 Å². The van der Waals surface area contributed by atoms with Gasteiger partial charge in [0.15, 0.2) is 18.3 Å². The normalized spacial score (nSPS) is 24.7. The molecule has 1 aromatic rings. The fourth-order valence-corrected chi connectivity index (χ4v) is 3.06. The maximum atomic E-state index is 13.8. The van der Waals surface area contributed by atoms with Crippen molar-refractivity contribution >= 4 is 35.5 Å². The third-order valence-electron chi connectivity index (χ3n) is 4.29. The zero-order chi connectivity index (χ0) is 26.3. The summed E-state index contributed by atoms with van der Waals surface area (Å²) in [7, 11) is 0.934.